The molecule has 0 aliphatic carbocycles. The van der Waals surface area contributed by atoms with Crippen LogP contribution >= 0.6 is 11.8 Å². The fourth-order valence-corrected chi connectivity index (χ4v) is 3.68. The molecule has 0 saturated heterocycles. The summed E-state index contributed by atoms with van der Waals surface area (Å²) in [6.07, 6.45) is 0.869. The van der Waals surface area contributed by atoms with Gasteiger partial charge in [-0.2, -0.15) is 0 Å². The number of thioether (sulfide) groups is 1. The predicted molar refractivity (Wildman–Crippen MR) is 108 cm³/mol. The van der Waals surface area contributed by atoms with Crippen molar-refractivity contribution in [2.75, 3.05) is 7.05 Å². The van der Waals surface area contributed by atoms with Gasteiger partial charge in [-0.25, -0.2) is 9.78 Å². The van der Waals surface area contributed by atoms with Crippen LogP contribution in [0.1, 0.15) is 12.5 Å². The zero-order valence-corrected chi connectivity index (χ0v) is 16.1. The number of imidazole rings is 1. The molecule has 0 radical (unpaired) electrons. The number of amides is 3. The Kier molecular flexibility index (Phi) is 6.13. The highest BCUT2D eigenvalue weighted by atomic mass is 32.2. The number of carbonyl (C=O) groups is 2. The van der Waals surface area contributed by atoms with Crippen LogP contribution in [0.5, 0.6) is 0 Å². The molecule has 0 saturated carbocycles. The van der Waals surface area contributed by atoms with E-state index in [9.17, 15) is 9.59 Å². The van der Waals surface area contributed by atoms with Gasteiger partial charge in [0.15, 0.2) is 5.16 Å². The number of fused-ring (bicyclic) bond motifs is 1. The SMILES string of the molecule is CNC(=O)NC(=O)[C@@H](C)Sc1nc2ccccc2n1CCc1ccccc1. The van der Waals surface area contributed by atoms with E-state index < -0.39 is 11.3 Å². The molecular formula is C20H22N4O2S. The summed E-state index contributed by atoms with van der Waals surface area (Å²) in [5, 5.41) is 5.02. The Morgan fingerprint density at radius 2 is 1.81 bits per heavy atom. The van der Waals surface area contributed by atoms with E-state index in [-0.39, 0.29) is 5.91 Å². The van der Waals surface area contributed by atoms with Crippen LogP contribution in [0, 0.1) is 0 Å². The molecule has 0 aliphatic rings. The van der Waals surface area contributed by atoms with Gasteiger partial charge in [-0.1, -0.05) is 54.2 Å². The van der Waals surface area contributed by atoms with Gasteiger partial charge in [-0.3, -0.25) is 10.1 Å². The number of carbonyl (C=O) groups excluding carboxylic acids is 2. The molecule has 27 heavy (non-hydrogen) atoms. The summed E-state index contributed by atoms with van der Waals surface area (Å²) in [5.41, 5.74) is 3.18. The molecule has 1 atom stereocenters. The quantitative estimate of drug-likeness (QED) is 0.642. The number of rotatable bonds is 6. The number of hydrogen-bond donors (Lipinski definition) is 2. The van der Waals surface area contributed by atoms with Gasteiger partial charge in [0.05, 0.1) is 16.3 Å². The van der Waals surface area contributed by atoms with Gasteiger partial charge < -0.3 is 9.88 Å². The van der Waals surface area contributed by atoms with E-state index in [1.807, 2.05) is 42.5 Å². The van der Waals surface area contributed by atoms with E-state index in [0.29, 0.717) is 0 Å². The van der Waals surface area contributed by atoms with E-state index in [1.165, 1.54) is 24.4 Å². The Hall–Kier alpha value is -2.80. The predicted octanol–water partition coefficient (Wildman–Crippen LogP) is 3.22. The molecule has 3 amide bonds. The van der Waals surface area contributed by atoms with Gasteiger partial charge in [0.25, 0.3) is 0 Å². The number of hydrogen-bond acceptors (Lipinski definition) is 4. The summed E-state index contributed by atoms with van der Waals surface area (Å²) in [7, 11) is 1.48. The van der Waals surface area contributed by atoms with Crippen LogP contribution in [-0.2, 0) is 17.8 Å². The summed E-state index contributed by atoms with van der Waals surface area (Å²) in [5.74, 6) is -0.346. The highest BCUT2D eigenvalue weighted by molar-refractivity contribution is 8.00. The number of benzene rings is 2. The summed E-state index contributed by atoms with van der Waals surface area (Å²) in [4.78, 5) is 28.3. The van der Waals surface area contributed by atoms with Crippen LogP contribution in [0.15, 0.2) is 59.8 Å². The van der Waals surface area contributed by atoms with Gasteiger partial charge in [-0.05, 0) is 31.0 Å². The Bertz CT molecular complexity index is 940. The maximum atomic E-state index is 12.2. The third-order valence-electron chi connectivity index (χ3n) is 4.20. The van der Waals surface area contributed by atoms with Crippen molar-refractivity contribution in [3.05, 3.63) is 60.2 Å². The van der Waals surface area contributed by atoms with Crippen LogP contribution < -0.4 is 10.6 Å². The zero-order chi connectivity index (χ0) is 19.2. The number of urea groups is 1. The van der Waals surface area contributed by atoms with Crippen molar-refractivity contribution < 1.29 is 9.59 Å². The molecule has 6 nitrogen and oxygen atoms in total. The van der Waals surface area contributed by atoms with Crippen LogP contribution in [0.2, 0.25) is 0 Å². The van der Waals surface area contributed by atoms with E-state index in [1.54, 1.807) is 6.92 Å². The Morgan fingerprint density at radius 1 is 1.11 bits per heavy atom. The molecule has 140 valence electrons. The molecule has 2 aromatic carbocycles. The molecule has 0 aliphatic heterocycles. The molecule has 3 aromatic rings. The molecule has 2 N–H and O–H groups in total. The summed E-state index contributed by atoms with van der Waals surface area (Å²) < 4.78 is 2.14. The first kappa shape index (κ1) is 19.0. The van der Waals surface area contributed by atoms with Crippen molar-refractivity contribution in [1.29, 1.82) is 0 Å². The smallest absolute Gasteiger partial charge is 0.321 e. The average molecular weight is 382 g/mol. The normalized spacial score (nSPS) is 11.9. The topological polar surface area (TPSA) is 76.0 Å². The molecule has 7 heteroatoms. The lowest BCUT2D eigenvalue weighted by molar-refractivity contribution is -0.119. The molecule has 3 rings (SSSR count). The monoisotopic (exact) mass is 382 g/mol. The number of nitrogens with zero attached hydrogens (tertiary/aromatic N) is 2. The van der Waals surface area contributed by atoms with Gasteiger partial charge in [0, 0.05) is 13.6 Å². The first-order chi connectivity index (χ1) is 13.1. The number of nitrogens with one attached hydrogen (secondary N) is 2. The first-order valence-corrected chi connectivity index (χ1v) is 9.65. The summed E-state index contributed by atoms with van der Waals surface area (Å²) in [6.45, 7) is 2.53. The minimum absolute atomic E-state index is 0.346. The van der Waals surface area contributed by atoms with Crippen molar-refractivity contribution in [2.24, 2.45) is 0 Å². The van der Waals surface area contributed by atoms with Crippen LogP contribution in [-0.4, -0.2) is 33.8 Å². The Balaban J connectivity index is 1.81. The second kappa shape index (κ2) is 8.73. The van der Waals surface area contributed by atoms with Crippen molar-refractivity contribution in [3.63, 3.8) is 0 Å². The van der Waals surface area contributed by atoms with E-state index in [0.717, 1.165) is 29.2 Å². The molecule has 1 aromatic heterocycles. The maximum absolute atomic E-state index is 12.2. The van der Waals surface area contributed by atoms with Crippen LogP contribution in [0.4, 0.5) is 4.79 Å². The minimum atomic E-state index is -0.509. The number of aromatic nitrogens is 2. The lowest BCUT2D eigenvalue weighted by Gasteiger charge is -2.13. The van der Waals surface area contributed by atoms with Crippen molar-refractivity contribution in [1.82, 2.24) is 20.2 Å². The second-order valence-corrected chi connectivity index (χ2v) is 7.41. The molecule has 0 spiro atoms. The molecule has 1 heterocycles. The maximum Gasteiger partial charge on any atom is 0.321 e. The van der Waals surface area contributed by atoms with Crippen molar-refractivity contribution in [3.8, 4) is 0 Å². The number of aryl methyl sites for hydroxylation is 2. The molecule has 0 unspecified atom stereocenters. The standard InChI is InChI=1S/C20H22N4O2S/c1-14(18(25)23-19(26)21-2)27-20-22-16-10-6-7-11-17(16)24(20)13-12-15-8-4-3-5-9-15/h3-11,14H,12-13H2,1-2H3,(H2,21,23,25,26)/t14-/m1/s1. The van der Waals surface area contributed by atoms with Crippen molar-refractivity contribution >= 4 is 34.7 Å². The van der Waals surface area contributed by atoms with Crippen LogP contribution in [0.3, 0.4) is 0 Å². The van der Waals surface area contributed by atoms with E-state index in [4.69, 9.17) is 4.98 Å². The van der Waals surface area contributed by atoms with E-state index >= 15 is 0 Å². The molecule has 0 fully saturated rings. The second-order valence-electron chi connectivity index (χ2n) is 6.10. The summed E-state index contributed by atoms with van der Waals surface area (Å²) in [6, 6.07) is 17.7. The zero-order valence-electron chi connectivity index (χ0n) is 15.3. The van der Waals surface area contributed by atoms with Gasteiger partial charge in [0.2, 0.25) is 5.91 Å². The lowest BCUT2D eigenvalue weighted by Crippen LogP contribution is -2.41. The highest BCUT2D eigenvalue weighted by Gasteiger charge is 2.20. The van der Waals surface area contributed by atoms with Crippen molar-refractivity contribution in [2.45, 2.75) is 30.3 Å². The first-order valence-electron chi connectivity index (χ1n) is 8.77. The Morgan fingerprint density at radius 3 is 2.56 bits per heavy atom. The molecule has 0 bridgehead atoms. The third-order valence-corrected chi connectivity index (χ3v) is 5.29. The third kappa shape index (κ3) is 4.68. The summed E-state index contributed by atoms with van der Waals surface area (Å²) >= 11 is 1.35. The van der Waals surface area contributed by atoms with Gasteiger partial charge in [-0.15, -0.1) is 0 Å². The largest absolute Gasteiger partial charge is 0.341 e. The fraction of sp³-hybridized carbons (Fsp3) is 0.250. The van der Waals surface area contributed by atoms with Gasteiger partial charge >= 0.3 is 6.03 Å². The van der Waals surface area contributed by atoms with Gasteiger partial charge in [0.1, 0.15) is 0 Å². The molecular weight excluding hydrogens is 360 g/mol. The van der Waals surface area contributed by atoms with E-state index in [2.05, 4.69) is 27.3 Å². The minimum Gasteiger partial charge on any atom is -0.341 e. The number of imide groups is 1. The average Bonchev–Trinajstić information content (AvgIpc) is 3.03. The Labute approximate surface area is 162 Å². The lowest BCUT2D eigenvalue weighted by atomic mass is 10.1. The fourth-order valence-electron chi connectivity index (χ4n) is 2.73. The number of para-hydroxylation sites is 2. The highest BCUT2D eigenvalue weighted by Crippen LogP contribution is 2.27. The van der Waals surface area contributed by atoms with Crippen LogP contribution in [0.25, 0.3) is 11.0 Å².